The Kier molecular flexibility index (Phi) is 15.8. The van der Waals surface area contributed by atoms with Crippen LogP contribution < -0.4 is 47.9 Å². The zero-order valence-electron chi connectivity index (χ0n) is 37.1. The van der Waals surface area contributed by atoms with Crippen molar-refractivity contribution in [3.8, 4) is 40.1 Å². The Morgan fingerprint density at radius 1 is 0.862 bits per heavy atom. The van der Waals surface area contributed by atoms with Gasteiger partial charge in [0.05, 0.1) is 23.0 Å². The van der Waals surface area contributed by atoms with E-state index in [1.165, 1.54) is 37.3 Å². The Bertz CT molecular complexity index is 2430. The SMILES string of the molecule is Cc1nc(-c2ccc(C3CC3)cc2)nc(C)c1C(=O)N[C@@H](CCN)C(=O)N(C)[C@@H]1C(=O)N[C@@H](C)C(=O)N[C@H](C(=O)NCC#N)Cc2ccc(OCCN)c(c2)-c2cc1ccc2OCCN. The highest BCUT2D eigenvalue weighted by molar-refractivity contribution is 6.00. The highest BCUT2D eigenvalue weighted by atomic mass is 16.5. The maximum atomic E-state index is 14.7. The van der Waals surface area contributed by atoms with Crippen LogP contribution in [-0.2, 0) is 25.6 Å². The zero-order valence-corrected chi connectivity index (χ0v) is 37.1. The van der Waals surface area contributed by atoms with E-state index in [9.17, 15) is 24.0 Å². The molecule has 0 unspecified atom stereocenters. The maximum Gasteiger partial charge on any atom is 0.255 e. The van der Waals surface area contributed by atoms with Gasteiger partial charge in [0.1, 0.15) is 55.4 Å². The van der Waals surface area contributed by atoms with Gasteiger partial charge in [-0.1, -0.05) is 36.4 Å². The topological polar surface area (TPSA) is 283 Å². The van der Waals surface area contributed by atoms with Gasteiger partial charge in [-0.05, 0) is 93.5 Å². The number of carbonyl (C=O) groups excluding carboxylic acids is 5. The number of ether oxygens (including phenoxy) is 2. The molecule has 3 aromatic carbocycles. The molecule has 0 saturated heterocycles. The lowest BCUT2D eigenvalue weighted by molar-refractivity contribution is -0.141. The number of hydrogen-bond donors (Lipinski definition) is 7. The van der Waals surface area contributed by atoms with Crippen molar-refractivity contribution < 1.29 is 33.4 Å². The third kappa shape index (κ3) is 11.4. The number of likely N-dealkylation sites (N-methyl/N-ethyl adjacent to an activating group) is 1. The van der Waals surface area contributed by atoms with Crippen LogP contribution in [0.2, 0.25) is 0 Å². The van der Waals surface area contributed by atoms with Gasteiger partial charge in [-0.3, -0.25) is 24.0 Å². The lowest BCUT2D eigenvalue weighted by atomic mass is 9.93. The van der Waals surface area contributed by atoms with Gasteiger partial charge in [0.2, 0.25) is 23.6 Å². The lowest BCUT2D eigenvalue weighted by Gasteiger charge is -2.32. The molecule has 2 heterocycles. The van der Waals surface area contributed by atoms with Crippen LogP contribution in [0.25, 0.3) is 22.5 Å². The predicted molar refractivity (Wildman–Crippen MR) is 242 cm³/mol. The monoisotopic (exact) mass is 887 g/mol. The van der Waals surface area contributed by atoms with Gasteiger partial charge < -0.3 is 52.8 Å². The summed E-state index contributed by atoms with van der Waals surface area (Å²) in [5.74, 6) is -1.48. The number of carbonyl (C=O) groups is 5. The average molecular weight is 888 g/mol. The Balaban J connectivity index is 1.38. The van der Waals surface area contributed by atoms with Gasteiger partial charge in [-0.15, -0.1) is 0 Å². The van der Waals surface area contributed by atoms with Crippen molar-refractivity contribution in [3.63, 3.8) is 0 Å². The van der Waals surface area contributed by atoms with E-state index in [-0.39, 0.29) is 57.8 Å². The van der Waals surface area contributed by atoms with Crippen molar-refractivity contribution in [1.82, 2.24) is 36.1 Å². The maximum absolute atomic E-state index is 14.7. The molecule has 342 valence electrons. The van der Waals surface area contributed by atoms with E-state index < -0.39 is 53.7 Å². The highest BCUT2D eigenvalue weighted by Crippen LogP contribution is 2.41. The summed E-state index contributed by atoms with van der Waals surface area (Å²) in [5, 5.41) is 19.9. The smallest absolute Gasteiger partial charge is 0.255 e. The molecule has 5 amide bonds. The molecule has 0 radical (unpaired) electrons. The van der Waals surface area contributed by atoms with Crippen molar-refractivity contribution >= 4 is 29.5 Å². The number of nitrogens with two attached hydrogens (primary N) is 3. The van der Waals surface area contributed by atoms with Crippen LogP contribution >= 0.6 is 0 Å². The number of rotatable bonds is 16. The minimum Gasteiger partial charge on any atom is -0.492 e. The standard InChI is InChI=1S/C47H57N11O7/c1-26-40(27(2)54-42(53-26)32-10-8-31(9-11-32)30-6-7-30)45(61)56-36(15-16-48)47(63)58(4)41-33-12-14-39(65-22-19-51)35(25-33)34-23-29(5-13-38(34)64-21-18-50)24-37(44(60)52-20-17-49)57-43(59)28(3)55-46(41)62/h5,8-14,23,25,28,30,36-37,41H,6-7,15-16,18-22,24,48,50-51H2,1-4H3,(H,52,60)(H,55,62)(H,56,61)(H,57,59)/t28-,36-,37-,41-/m0/s1. The summed E-state index contributed by atoms with van der Waals surface area (Å²) in [7, 11) is 1.42. The highest BCUT2D eigenvalue weighted by Gasteiger charge is 2.36. The Morgan fingerprint density at radius 2 is 1.48 bits per heavy atom. The first-order chi connectivity index (χ1) is 31.3. The van der Waals surface area contributed by atoms with Gasteiger partial charge >= 0.3 is 0 Å². The molecular weight excluding hydrogens is 831 g/mol. The first-order valence-corrected chi connectivity index (χ1v) is 21.7. The fourth-order valence-electron chi connectivity index (χ4n) is 7.86. The molecule has 65 heavy (non-hydrogen) atoms. The second kappa shape index (κ2) is 21.6. The number of aryl methyl sites for hydroxylation is 2. The summed E-state index contributed by atoms with van der Waals surface area (Å²) in [5.41, 5.74) is 22.7. The number of nitriles is 1. The van der Waals surface area contributed by atoms with Gasteiger partial charge in [0, 0.05) is 43.2 Å². The van der Waals surface area contributed by atoms with Crippen LogP contribution in [0.1, 0.15) is 76.6 Å². The molecule has 4 aromatic rings. The second-order valence-corrected chi connectivity index (χ2v) is 16.2. The molecule has 2 aliphatic rings. The summed E-state index contributed by atoms with van der Waals surface area (Å²) in [6.07, 6.45) is 2.38. The Hall–Kier alpha value is -6.94. The number of nitrogens with zero attached hydrogens (tertiary/aromatic N) is 4. The van der Waals surface area contributed by atoms with Crippen molar-refractivity contribution in [2.45, 2.75) is 76.5 Å². The van der Waals surface area contributed by atoms with Gasteiger partial charge in [-0.25, -0.2) is 9.97 Å². The molecule has 1 aliphatic heterocycles. The molecule has 4 atom stereocenters. The van der Waals surface area contributed by atoms with Crippen LogP contribution in [0.4, 0.5) is 0 Å². The van der Waals surface area contributed by atoms with Crippen molar-refractivity contribution in [3.05, 3.63) is 94.3 Å². The van der Waals surface area contributed by atoms with Gasteiger partial charge in [-0.2, -0.15) is 5.26 Å². The number of aromatic nitrogens is 2. The minimum absolute atomic E-state index is 0.00406. The third-order valence-corrected chi connectivity index (χ3v) is 11.3. The fraction of sp³-hybridized carbons (Fsp3) is 0.404. The van der Waals surface area contributed by atoms with E-state index in [0.717, 1.165) is 5.56 Å². The summed E-state index contributed by atoms with van der Waals surface area (Å²) in [6, 6.07) is 15.2. The van der Waals surface area contributed by atoms with E-state index in [0.29, 0.717) is 56.9 Å². The molecule has 1 aliphatic carbocycles. The van der Waals surface area contributed by atoms with Crippen LogP contribution in [0.5, 0.6) is 11.5 Å². The van der Waals surface area contributed by atoms with Crippen LogP contribution in [0.15, 0.2) is 60.7 Å². The normalized spacial score (nSPS) is 17.6. The molecule has 1 aromatic heterocycles. The molecule has 6 rings (SSSR count). The van der Waals surface area contributed by atoms with Crippen LogP contribution in [-0.4, -0.2) is 109 Å². The average Bonchev–Trinajstić information content (AvgIpc) is 4.15. The molecule has 10 N–H and O–H groups in total. The summed E-state index contributed by atoms with van der Waals surface area (Å²) < 4.78 is 12.2. The van der Waals surface area contributed by atoms with E-state index in [4.69, 9.17) is 31.9 Å². The third-order valence-electron chi connectivity index (χ3n) is 11.3. The molecule has 0 spiro atoms. The number of hydrogen-bond acceptors (Lipinski definition) is 13. The van der Waals surface area contributed by atoms with E-state index >= 15 is 0 Å². The molecule has 18 nitrogen and oxygen atoms in total. The van der Waals surface area contributed by atoms with Gasteiger partial charge in [0.25, 0.3) is 5.91 Å². The van der Waals surface area contributed by atoms with E-state index in [1.54, 1.807) is 50.2 Å². The lowest BCUT2D eigenvalue weighted by Crippen LogP contribution is -2.56. The zero-order chi connectivity index (χ0) is 46.8. The Labute approximate surface area is 378 Å². The number of fused-ring (bicyclic) bond motifs is 5. The van der Waals surface area contributed by atoms with E-state index in [1.807, 2.05) is 18.2 Å². The molecule has 1 fully saturated rings. The minimum atomic E-state index is -1.40. The number of benzene rings is 3. The molecule has 1 saturated carbocycles. The van der Waals surface area contributed by atoms with Crippen molar-refractivity contribution in [2.75, 3.05) is 46.4 Å². The van der Waals surface area contributed by atoms with Crippen LogP contribution in [0.3, 0.4) is 0 Å². The first-order valence-electron chi connectivity index (χ1n) is 21.7. The molecule has 4 bridgehead atoms. The quantitative estimate of drug-likeness (QED) is 0.0792. The summed E-state index contributed by atoms with van der Waals surface area (Å²) >= 11 is 0. The molecular formula is C47H57N11O7. The molecule has 18 heteroatoms. The first kappa shape index (κ1) is 47.5. The van der Waals surface area contributed by atoms with Gasteiger partial charge in [0.15, 0.2) is 5.82 Å². The second-order valence-electron chi connectivity index (χ2n) is 16.2. The Morgan fingerprint density at radius 3 is 2.08 bits per heavy atom. The summed E-state index contributed by atoms with van der Waals surface area (Å²) in [6.45, 7) is 5.23. The van der Waals surface area contributed by atoms with Crippen molar-refractivity contribution in [1.29, 1.82) is 5.26 Å². The van der Waals surface area contributed by atoms with Crippen molar-refractivity contribution in [2.24, 2.45) is 17.2 Å². The largest absolute Gasteiger partial charge is 0.492 e. The predicted octanol–water partition coefficient (Wildman–Crippen LogP) is 1.81. The van der Waals surface area contributed by atoms with Crippen LogP contribution in [0, 0.1) is 25.2 Å². The fourth-order valence-corrected chi connectivity index (χ4v) is 7.86. The summed E-state index contributed by atoms with van der Waals surface area (Å²) in [4.78, 5) is 81.0. The number of nitrogens with one attached hydrogen (secondary N) is 4. The number of amides is 5. The van der Waals surface area contributed by atoms with E-state index in [2.05, 4.69) is 43.4 Å².